The topological polar surface area (TPSA) is 115 Å². The second kappa shape index (κ2) is 12.7. The maximum atomic E-state index is 12.5. The molecule has 9 nitrogen and oxygen atoms in total. The summed E-state index contributed by atoms with van der Waals surface area (Å²) in [6, 6.07) is 4.10. The molecule has 2 aromatic heterocycles. The van der Waals surface area contributed by atoms with Gasteiger partial charge in [-0.25, -0.2) is 9.78 Å². The molecule has 0 atom stereocenters. The number of ether oxygens (including phenoxy) is 2. The molecule has 0 bridgehead atoms. The van der Waals surface area contributed by atoms with E-state index >= 15 is 0 Å². The molecule has 1 N–H and O–H groups in total. The van der Waals surface area contributed by atoms with Gasteiger partial charge in [-0.15, -0.1) is 0 Å². The number of carbonyl (C=O) groups excluding carboxylic acids is 1. The summed E-state index contributed by atoms with van der Waals surface area (Å²) in [7, 11) is 1.81. The molecule has 9 heteroatoms. The second-order valence-electron chi connectivity index (χ2n) is 9.98. The fourth-order valence-electron chi connectivity index (χ4n) is 4.42. The van der Waals surface area contributed by atoms with Crippen molar-refractivity contribution in [1.82, 2.24) is 15.0 Å². The van der Waals surface area contributed by atoms with Crippen molar-refractivity contribution in [2.45, 2.75) is 97.8 Å². The van der Waals surface area contributed by atoms with E-state index in [1.54, 1.807) is 18.7 Å². The van der Waals surface area contributed by atoms with Crippen LogP contribution in [0.25, 0.3) is 11.5 Å². The monoisotopic (exact) mass is 501 g/mol. The minimum Gasteiger partial charge on any atom is -0.489 e. The highest BCUT2D eigenvalue weighted by Gasteiger charge is 2.26. The molecule has 0 unspecified atom stereocenters. The smallest absolute Gasteiger partial charge is 0.410 e. The van der Waals surface area contributed by atoms with Gasteiger partial charge in [0.05, 0.1) is 29.0 Å². The summed E-state index contributed by atoms with van der Waals surface area (Å²) in [5.41, 5.74) is 2.94. The number of hydrogen-bond acceptors (Lipinski definition) is 7. The number of pyridine rings is 1. The van der Waals surface area contributed by atoms with Gasteiger partial charge in [-0.2, -0.15) is 0 Å². The van der Waals surface area contributed by atoms with E-state index in [-0.39, 0.29) is 30.8 Å². The molecule has 0 spiro atoms. The lowest BCUT2D eigenvalue weighted by Crippen LogP contribution is -2.35. The van der Waals surface area contributed by atoms with E-state index in [0.29, 0.717) is 17.1 Å². The minimum atomic E-state index is -0.741. The molecule has 2 saturated carbocycles. The Labute approximate surface area is 213 Å². The molecule has 2 heterocycles. The van der Waals surface area contributed by atoms with E-state index < -0.39 is 5.97 Å². The number of aliphatic carboxylic acids is 1. The molecule has 0 aliphatic heterocycles. The predicted octanol–water partition coefficient (Wildman–Crippen LogP) is 5.91. The van der Waals surface area contributed by atoms with E-state index in [1.165, 1.54) is 25.7 Å². The minimum absolute atomic E-state index is 0.113. The van der Waals surface area contributed by atoms with Crippen molar-refractivity contribution >= 4 is 12.1 Å². The Hall–Kier alpha value is -3.10. The molecule has 36 heavy (non-hydrogen) atoms. The summed E-state index contributed by atoms with van der Waals surface area (Å²) in [5.74, 6) is 0.382. The number of rotatable bonds is 7. The molecular weight excluding hydrogens is 462 g/mol. The third-order valence-corrected chi connectivity index (χ3v) is 6.84. The molecule has 2 aromatic rings. The van der Waals surface area contributed by atoms with Crippen LogP contribution in [0.4, 0.5) is 4.79 Å². The Kier molecular flexibility index (Phi) is 9.73. The van der Waals surface area contributed by atoms with Gasteiger partial charge in [0.15, 0.2) is 5.76 Å². The molecular formula is C27H39N3O6. The van der Waals surface area contributed by atoms with Crippen molar-refractivity contribution < 1.29 is 28.7 Å². The highest BCUT2D eigenvalue weighted by atomic mass is 16.6. The van der Waals surface area contributed by atoms with Gasteiger partial charge in [-0.3, -0.25) is 4.79 Å². The second-order valence-corrected chi connectivity index (χ2v) is 9.98. The first-order valence-electron chi connectivity index (χ1n) is 12.9. The normalized spacial score (nSPS) is 16.1. The number of carbonyl (C=O) groups is 2. The first-order chi connectivity index (χ1) is 17.2. The summed E-state index contributed by atoms with van der Waals surface area (Å²) < 4.78 is 17.2. The zero-order chi connectivity index (χ0) is 26.2. The van der Waals surface area contributed by atoms with Crippen LogP contribution in [-0.2, 0) is 16.1 Å². The fraction of sp³-hybridized carbons (Fsp3) is 0.630. The highest BCUT2D eigenvalue weighted by Crippen LogP contribution is 2.31. The maximum absolute atomic E-state index is 12.5. The van der Waals surface area contributed by atoms with Crippen LogP contribution < -0.4 is 4.74 Å². The highest BCUT2D eigenvalue weighted by molar-refractivity contribution is 5.69. The van der Waals surface area contributed by atoms with Gasteiger partial charge < -0.3 is 24.0 Å². The fourth-order valence-corrected chi connectivity index (χ4v) is 4.42. The molecule has 198 valence electrons. The summed E-state index contributed by atoms with van der Waals surface area (Å²) in [5, 5.41) is 12.1. The van der Waals surface area contributed by atoms with Gasteiger partial charge in [0.2, 0.25) is 0 Å². The molecule has 2 fully saturated rings. The number of nitrogens with zero attached hydrogens (tertiary/aromatic N) is 3. The number of aryl methyl sites for hydroxylation is 2. The van der Waals surface area contributed by atoms with Crippen LogP contribution >= 0.6 is 0 Å². The Morgan fingerprint density at radius 3 is 2.28 bits per heavy atom. The molecule has 4 rings (SSSR count). The van der Waals surface area contributed by atoms with Crippen LogP contribution in [0.15, 0.2) is 16.7 Å². The van der Waals surface area contributed by atoms with Crippen molar-refractivity contribution in [3.8, 4) is 17.2 Å². The van der Waals surface area contributed by atoms with Gasteiger partial charge in [0.25, 0.3) is 0 Å². The van der Waals surface area contributed by atoms with E-state index in [2.05, 4.69) is 10.1 Å². The van der Waals surface area contributed by atoms with Crippen LogP contribution in [-0.4, -0.2) is 51.4 Å². The van der Waals surface area contributed by atoms with Crippen molar-refractivity contribution in [3.63, 3.8) is 0 Å². The van der Waals surface area contributed by atoms with E-state index in [4.69, 9.17) is 19.1 Å². The summed E-state index contributed by atoms with van der Waals surface area (Å²) in [4.78, 5) is 28.6. The summed E-state index contributed by atoms with van der Waals surface area (Å²) in [6.45, 7) is 7.18. The van der Waals surface area contributed by atoms with Gasteiger partial charge in [0, 0.05) is 13.1 Å². The maximum Gasteiger partial charge on any atom is 0.410 e. The Morgan fingerprint density at radius 2 is 1.69 bits per heavy atom. The summed E-state index contributed by atoms with van der Waals surface area (Å²) >= 11 is 0. The number of hydrogen-bond donors (Lipinski definition) is 1. The van der Waals surface area contributed by atoms with E-state index in [0.717, 1.165) is 42.7 Å². The van der Waals surface area contributed by atoms with E-state index in [1.807, 2.05) is 33.0 Å². The Morgan fingerprint density at radius 1 is 1.08 bits per heavy atom. The average molecular weight is 502 g/mol. The lowest BCUT2D eigenvalue weighted by atomic mass is 10.1. The SMILES string of the molecule is CC(C)C(=O)O.Cc1nc(-c2onc(C)c2COC(=O)N(C)C2CCCC2)ccc1OC1CCCC1. The van der Waals surface area contributed by atoms with Gasteiger partial charge >= 0.3 is 12.1 Å². The molecule has 2 aliphatic rings. The third kappa shape index (κ3) is 7.21. The lowest BCUT2D eigenvalue weighted by molar-refractivity contribution is -0.140. The molecule has 2 aliphatic carbocycles. The van der Waals surface area contributed by atoms with Crippen LogP contribution in [0.5, 0.6) is 5.75 Å². The molecule has 0 aromatic carbocycles. The Balaban J connectivity index is 0.000000538. The number of amides is 1. The molecule has 0 radical (unpaired) electrons. The first-order valence-corrected chi connectivity index (χ1v) is 12.9. The zero-order valence-corrected chi connectivity index (χ0v) is 22.1. The van der Waals surface area contributed by atoms with Crippen molar-refractivity contribution in [2.24, 2.45) is 5.92 Å². The largest absolute Gasteiger partial charge is 0.489 e. The van der Waals surface area contributed by atoms with Gasteiger partial charge in [-0.05, 0) is 64.5 Å². The average Bonchev–Trinajstić information content (AvgIpc) is 3.62. The van der Waals surface area contributed by atoms with Gasteiger partial charge in [-0.1, -0.05) is 31.8 Å². The first kappa shape index (κ1) is 27.5. The van der Waals surface area contributed by atoms with Crippen molar-refractivity contribution in [1.29, 1.82) is 0 Å². The van der Waals surface area contributed by atoms with Crippen LogP contribution in [0.2, 0.25) is 0 Å². The quantitative estimate of drug-likeness (QED) is 0.498. The standard InChI is InChI=1S/C23H31N3O4.C4H8O2/c1-15-19(14-28-23(27)26(3)17-8-4-5-9-17)22(30-25-15)20-12-13-21(16(2)24-20)29-18-10-6-7-11-18;1-3(2)4(5)6/h12-13,17-18H,4-11,14H2,1-3H3;3H,1-2H3,(H,5,6). The molecule has 1 amide bonds. The van der Waals surface area contributed by atoms with Crippen LogP contribution in [0.3, 0.4) is 0 Å². The predicted molar refractivity (Wildman–Crippen MR) is 135 cm³/mol. The van der Waals surface area contributed by atoms with Gasteiger partial charge in [0.1, 0.15) is 18.1 Å². The van der Waals surface area contributed by atoms with E-state index in [9.17, 15) is 9.59 Å². The number of aromatic nitrogens is 2. The van der Waals surface area contributed by atoms with Crippen molar-refractivity contribution in [3.05, 3.63) is 29.1 Å². The zero-order valence-electron chi connectivity index (χ0n) is 22.1. The van der Waals surface area contributed by atoms with Crippen LogP contribution in [0.1, 0.15) is 82.2 Å². The number of carboxylic acid groups (broad SMARTS) is 1. The van der Waals surface area contributed by atoms with Crippen molar-refractivity contribution in [2.75, 3.05) is 7.05 Å². The lowest BCUT2D eigenvalue weighted by Gasteiger charge is -2.23. The summed E-state index contributed by atoms with van der Waals surface area (Å²) in [6.07, 6.45) is 9.07. The van der Waals surface area contributed by atoms with Crippen LogP contribution in [0, 0.1) is 19.8 Å². The number of carboxylic acids is 1. The molecule has 0 saturated heterocycles. The third-order valence-electron chi connectivity index (χ3n) is 6.84. The Bertz CT molecular complexity index is 1020.